The van der Waals surface area contributed by atoms with Crippen LogP contribution in [-0.2, 0) is 6.54 Å². The molecule has 2 aromatic heterocycles. The fourth-order valence-electron chi connectivity index (χ4n) is 4.05. The van der Waals surface area contributed by atoms with Crippen LogP contribution in [0.3, 0.4) is 0 Å². The summed E-state index contributed by atoms with van der Waals surface area (Å²) >= 11 is 0. The predicted molar refractivity (Wildman–Crippen MR) is 123 cm³/mol. The molecule has 0 aliphatic carbocycles. The molecule has 0 saturated carbocycles. The van der Waals surface area contributed by atoms with Crippen LogP contribution in [-0.4, -0.2) is 38.7 Å². The van der Waals surface area contributed by atoms with Crippen molar-refractivity contribution >= 4 is 16.9 Å². The first-order valence-electron chi connectivity index (χ1n) is 10.6. The average Bonchev–Trinajstić information content (AvgIpc) is 3.22. The molecule has 0 N–H and O–H groups in total. The number of pyridine rings is 1. The molecule has 0 spiro atoms. The number of carbonyl (C=O) groups excluding carboxylic acids is 1. The van der Waals surface area contributed by atoms with Crippen molar-refractivity contribution in [2.24, 2.45) is 0 Å². The Hall–Kier alpha value is -3.73. The molecule has 0 bridgehead atoms. The molecule has 154 valence electrons. The summed E-state index contributed by atoms with van der Waals surface area (Å²) in [5.74, 6) is 0.0383. The van der Waals surface area contributed by atoms with Crippen molar-refractivity contribution in [2.45, 2.75) is 19.4 Å². The van der Waals surface area contributed by atoms with Crippen LogP contribution in [0, 0.1) is 0 Å². The fraction of sp³-hybridized carbons (Fsp3) is 0.192. The van der Waals surface area contributed by atoms with E-state index in [1.54, 1.807) is 6.20 Å². The van der Waals surface area contributed by atoms with Gasteiger partial charge in [0, 0.05) is 18.7 Å². The molecular weight excluding hydrogens is 384 g/mol. The summed E-state index contributed by atoms with van der Waals surface area (Å²) in [6.07, 6.45) is 3.49. The third kappa shape index (κ3) is 3.87. The predicted octanol–water partition coefficient (Wildman–Crippen LogP) is 4.94. The first-order chi connectivity index (χ1) is 15.2. The van der Waals surface area contributed by atoms with Crippen LogP contribution in [0.2, 0.25) is 0 Å². The largest absolute Gasteiger partial charge is 0.338 e. The van der Waals surface area contributed by atoms with Gasteiger partial charge in [0.25, 0.3) is 5.91 Å². The maximum Gasteiger partial charge on any atom is 0.254 e. The van der Waals surface area contributed by atoms with Gasteiger partial charge in [-0.25, -0.2) is 9.67 Å². The minimum atomic E-state index is 0.0383. The van der Waals surface area contributed by atoms with Gasteiger partial charge in [-0.3, -0.25) is 4.79 Å². The molecule has 1 fully saturated rings. The van der Waals surface area contributed by atoms with Gasteiger partial charge in [0.1, 0.15) is 0 Å². The molecule has 31 heavy (non-hydrogen) atoms. The Morgan fingerprint density at radius 1 is 0.968 bits per heavy atom. The highest BCUT2D eigenvalue weighted by Crippen LogP contribution is 2.27. The molecule has 1 amide bonds. The summed E-state index contributed by atoms with van der Waals surface area (Å²) in [4.78, 5) is 20.3. The van der Waals surface area contributed by atoms with Crippen molar-refractivity contribution in [3.63, 3.8) is 0 Å². The molecule has 5 rings (SSSR count). The number of carbonyl (C=O) groups is 1. The Labute approximate surface area is 181 Å². The molecule has 1 aliphatic heterocycles. The first-order valence-corrected chi connectivity index (χ1v) is 10.6. The van der Waals surface area contributed by atoms with Crippen LogP contribution in [0.1, 0.15) is 28.8 Å². The molecule has 0 atom stereocenters. The summed E-state index contributed by atoms with van der Waals surface area (Å²) in [6.45, 7) is 6.09. The number of rotatable bonds is 4. The van der Waals surface area contributed by atoms with E-state index in [1.807, 2.05) is 64.2 Å². The molecule has 0 unspecified atom stereocenters. The molecule has 5 nitrogen and oxygen atoms in total. The molecule has 1 saturated heterocycles. The third-order valence-corrected chi connectivity index (χ3v) is 5.84. The monoisotopic (exact) mass is 408 g/mol. The average molecular weight is 409 g/mol. The zero-order chi connectivity index (χ0) is 21.2. The van der Waals surface area contributed by atoms with Crippen molar-refractivity contribution < 1.29 is 4.79 Å². The Balaban J connectivity index is 1.61. The number of piperidine rings is 1. The lowest BCUT2D eigenvalue weighted by Gasteiger charge is -2.28. The van der Waals surface area contributed by atoms with Crippen molar-refractivity contribution in [3.05, 3.63) is 96.2 Å². The molecule has 4 aromatic rings. The zero-order valence-electron chi connectivity index (χ0n) is 17.4. The quantitative estimate of drug-likeness (QED) is 0.450. The van der Waals surface area contributed by atoms with Gasteiger partial charge in [-0.1, -0.05) is 72.8 Å². The molecule has 5 heteroatoms. The highest BCUT2D eigenvalue weighted by molar-refractivity contribution is 6.06. The highest BCUT2D eigenvalue weighted by Gasteiger charge is 2.24. The summed E-state index contributed by atoms with van der Waals surface area (Å²) in [7, 11) is 0. The Morgan fingerprint density at radius 2 is 1.65 bits per heavy atom. The van der Waals surface area contributed by atoms with Crippen molar-refractivity contribution in [3.8, 4) is 11.3 Å². The second-order valence-electron chi connectivity index (χ2n) is 7.99. The van der Waals surface area contributed by atoms with Gasteiger partial charge in [0.15, 0.2) is 5.65 Å². The van der Waals surface area contributed by atoms with E-state index in [-0.39, 0.29) is 5.91 Å². The van der Waals surface area contributed by atoms with E-state index < -0.39 is 0 Å². The number of benzene rings is 2. The van der Waals surface area contributed by atoms with Crippen LogP contribution < -0.4 is 0 Å². The Bertz CT molecular complexity index is 1230. The Morgan fingerprint density at radius 3 is 2.35 bits per heavy atom. The minimum Gasteiger partial charge on any atom is -0.338 e. The maximum absolute atomic E-state index is 13.5. The number of hydrogen-bond acceptors (Lipinski definition) is 3. The van der Waals surface area contributed by atoms with E-state index in [0.29, 0.717) is 25.2 Å². The van der Waals surface area contributed by atoms with E-state index in [1.165, 1.54) is 5.57 Å². The number of likely N-dealkylation sites (tertiary alicyclic amines) is 1. The summed E-state index contributed by atoms with van der Waals surface area (Å²) in [5, 5.41) is 5.39. The third-order valence-electron chi connectivity index (χ3n) is 5.84. The van der Waals surface area contributed by atoms with Gasteiger partial charge in [0.05, 0.1) is 29.4 Å². The SMILES string of the molecule is C=C1CCN(C(=O)c2cc(-c3ccccc3)nc3c2cnn3Cc2ccccc2)CC1. The van der Waals surface area contributed by atoms with Gasteiger partial charge in [-0.05, 0) is 24.5 Å². The number of fused-ring (bicyclic) bond motifs is 1. The van der Waals surface area contributed by atoms with Gasteiger partial charge in [-0.2, -0.15) is 5.10 Å². The molecular formula is C26H24N4O. The normalized spacial score (nSPS) is 14.2. The number of nitrogens with zero attached hydrogens (tertiary/aromatic N) is 4. The zero-order valence-corrected chi connectivity index (χ0v) is 17.4. The van der Waals surface area contributed by atoms with Crippen LogP contribution in [0.25, 0.3) is 22.3 Å². The van der Waals surface area contributed by atoms with Crippen molar-refractivity contribution in [1.29, 1.82) is 0 Å². The fourth-order valence-corrected chi connectivity index (χ4v) is 4.05. The van der Waals surface area contributed by atoms with E-state index >= 15 is 0 Å². The van der Waals surface area contributed by atoms with E-state index in [4.69, 9.17) is 4.98 Å². The topological polar surface area (TPSA) is 51.0 Å². The number of amides is 1. The second kappa shape index (κ2) is 8.19. The van der Waals surface area contributed by atoms with E-state index in [2.05, 4.69) is 23.8 Å². The van der Waals surface area contributed by atoms with E-state index in [0.717, 1.165) is 40.7 Å². The lowest BCUT2D eigenvalue weighted by molar-refractivity contribution is 0.0746. The lowest BCUT2D eigenvalue weighted by atomic mass is 10.0. The number of aromatic nitrogens is 3. The van der Waals surface area contributed by atoms with Gasteiger partial charge in [0.2, 0.25) is 0 Å². The molecule has 3 heterocycles. The minimum absolute atomic E-state index is 0.0383. The van der Waals surface area contributed by atoms with Gasteiger partial charge < -0.3 is 4.90 Å². The first kappa shape index (κ1) is 19.2. The van der Waals surface area contributed by atoms with E-state index in [9.17, 15) is 4.79 Å². The smallest absolute Gasteiger partial charge is 0.254 e. The van der Waals surface area contributed by atoms with Crippen LogP contribution in [0.5, 0.6) is 0 Å². The highest BCUT2D eigenvalue weighted by atomic mass is 16.2. The van der Waals surface area contributed by atoms with Crippen molar-refractivity contribution in [2.75, 3.05) is 13.1 Å². The van der Waals surface area contributed by atoms with Gasteiger partial charge in [-0.15, -0.1) is 0 Å². The van der Waals surface area contributed by atoms with Crippen LogP contribution in [0.15, 0.2) is 85.1 Å². The van der Waals surface area contributed by atoms with Crippen LogP contribution >= 0.6 is 0 Å². The summed E-state index contributed by atoms with van der Waals surface area (Å²) < 4.78 is 1.88. The Kier molecular flexibility index (Phi) is 5.08. The van der Waals surface area contributed by atoms with Crippen molar-refractivity contribution in [1.82, 2.24) is 19.7 Å². The second-order valence-corrected chi connectivity index (χ2v) is 7.99. The van der Waals surface area contributed by atoms with Crippen LogP contribution in [0.4, 0.5) is 0 Å². The summed E-state index contributed by atoms with van der Waals surface area (Å²) in [5.41, 5.74) is 5.52. The number of hydrogen-bond donors (Lipinski definition) is 0. The maximum atomic E-state index is 13.5. The summed E-state index contributed by atoms with van der Waals surface area (Å²) in [6, 6.07) is 22.1. The molecule has 2 aromatic carbocycles. The lowest BCUT2D eigenvalue weighted by Crippen LogP contribution is -2.36. The molecule has 1 aliphatic rings. The van der Waals surface area contributed by atoms with Gasteiger partial charge >= 0.3 is 0 Å². The molecule has 0 radical (unpaired) electrons. The standard InChI is InChI=1S/C26H24N4O/c1-19-12-14-29(15-13-19)26(31)22-16-24(21-10-6-3-7-11-21)28-25-23(22)17-27-30(25)18-20-8-4-2-5-9-20/h2-11,16-17H,1,12-15,18H2.